The van der Waals surface area contributed by atoms with E-state index in [1.807, 2.05) is 13.0 Å². The molecule has 10 nitrogen and oxygen atoms in total. The van der Waals surface area contributed by atoms with Crippen LogP contribution in [0.4, 0.5) is 23.3 Å². The summed E-state index contributed by atoms with van der Waals surface area (Å²) in [5.74, 6) is 2.80. The number of nitriles is 1. The first kappa shape index (κ1) is 25.8. The number of fused-ring (bicyclic) bond motifs is 3. The van der Waals surface area contributed by atoms with Gasteiger partial charge in [-0.15, -0.1) is 0 Å². The van der Waals surface area contributed by atoms with Crippen molar-refractivity contribution in [1.29, 1.82) is 5.26 Å². The molecule has 3 fully saturated rings. The Balaban J connectivity index is 1.24. The van der Waals surface area contributed by atoms with E-state index in [0.29, 0.717) is 42.5 Å². The number of nitrogens with one attached hydrogen (secondary N) is 4. The number of aromatic amines is 1. The molecule has 0 radical (unpaired) electrons. The molecular formula is C29H39N9O. The minimum Gasteiger partial charge on any atom is -0.381 e. The normalized spacial score (nSPS) is 25.4. The maximum absolute atomic E-state index is 9.00. The highest BCUT2D eigenvalue weighted by atomic mass is 16.5. The molecule has 206 valence electrons. The van der Waals surface area contributed by atoms with Gasteiger partial charge in [-0.05, 0) is 76.0 Å². The Hall–Kier alpha value is -3.42. The Morgan fingerprint density at radius 3 is 2.59 bits per heavy atom. The van der Waals surface area contributed by atoms with Gasteiger partial charge in [0.1, 0.15) is 5.82 Å². The predicted molar refractivity (Wildman–Crippen MR) is 153 cm³/mol. The molecule has 2 unspecified atom stereocenters. The summed E-state index contributed by atoms with van der Waals surface area (Å²) in [6, 6.07) is 12.0. The van der Waals surface area contributed by atoms with E-state index in [1.165, 1.54) is 5.69 Å². The molecule has 0 saturated carbocycles. The third kappa shape index (κ3) is 5.94. The fourth-order valence-electron chi connectivity index (χ4n) is 6.71. The number of piperidine rings is 3. The molecule has 3 aliphatic heterocycles. The Morgan fingerprint density at radius 2 is 1.90 bits per heavy atom. The number of aryl methyl sites for hydroxylation is 1. The Morgan fingerprint density at radius 1 is 1.10 bits per heavy atom. The van der Waals surface area contributed by atoms with Crippen molar-refractivity contribution in [3.8, 4) is 6.07 Å². The lowest BCUT2D eigenvalue weighted by Gasteiger charge is -2.43. The van der Waals surface area contributed by atoms with Gasteiger partial charge in [-0.2, -0.15) is 15.3 Å². The fourth-order valence-corrected chi connectivity index (χ4v) is 6.71. The third-order valence-electron chi connectivity index (χ3n) is 8.62. The van der Waals surface area contributed by atoms with Crippen molar-refractivity contribution in [2.75, 3.05) is 35.7 Å². The number of H-pyrrole nitrogens is 1. The highest BCUT2D eigenvalue weighted by Gasteiger charge is 2.35. The van der Waals surface area contributed by atoms with Crippen LogP contribution in [-0.2, 0) is 4.74 Å². The first-order valence-corrected chi connectivity index (χ1v) is 14.3. The summed E-state index contributed by atoms with van der Waals surface area (Å²) in [5.41, 5.74) is 3.09. The molecule has 3 aliphatic rings. The van der Waals surface area contributed by atoms with Crippen LogP contribution in [0.3, 0.4) is 0 Å². The van der Waals surface area contributed by atoms with Gasteiger partial charge in [0.15, 0.2) is 5.82 Å². The number of hydrogen-bond donors (Lipinski definition) is 4. The largest absolute Gasteiger partial charge is 0.381 e. The maximum atomic E-state index is 9.00. The van der Waals surface area contributed by atoms with Crippen LogP contribution in [0.1, 0.15) is 57.1 Å². The summed E-state index contributed by atoms with van der Waals surface area (Å²) in [6.45, 7) is 3.94. The SMILES string of the molecule is COC1CCN(c2ccc3c(Nc4cc(C)[nH]n4)nc(NC4CC5CC(CCC#N)CC(C4)N5)nc3c2)CC1. The average Bonchev–Trinajstić information content (AvgIpc) is 3.35. The Labute approximate surface area is 229 Å². The van der Waals surface area contributed by atoms with Crippen molar-refractivity contribution in [1.82, 2.24) is 25.5 Å². The van der Waals surface area contributed by atoms with Gasteiger partial charge in [0.25, 0.3) is 0 Å². The first-order chi connectivity index (χ1) is 19.1. The van der Waals surface area contributed by atoms with Crippen LogP contribution >= 0.6 is 0 Å². The third-order valence-corrected chi connectivity index (χ3v) is 8.62. The van der Waals surface area contributed by atoms with Gasteiger partial charge >= 0.3 is 0 Å². The van der Waals surface area contributed by atoms with Gasteiger partial charge in [0, 0.05) is 67.6 Å². The first-order valence-electron chi connectivity index (χ1n) is 14.3. The van der Waals surface area contributed by atoms with Crippen molar-refractivity contribution in [2.24, 2.45) is 5.92 Å². The molecule has 0 aliphatic carbocycles. The van der Waals surface area contributed by atoms with Crippen LogP contribution in [0.25, 0.3) is 10.9 Å². The second kappa shape index (κ2) is 11.4. The number of hydrogen-bond acceptors (Lipinski definition) is 9. The van der Waals surface area contributed by atoms with Gasteiger partial charge in [0.05, 0.1) is 17.7 Å². The van der Waals surface area contributed by atoms with Crippen molar-refractivity contribution >= 4 is 34.2 Å². The van der Waals surface area contributed by atoms with Crippen LogP contribution in [0.5, 0.6) is 0 Å². The zero-order chi connectivity index (χ0) is 26.8. The van der Waals surface area contributed by atoms with E-state index in [9.17, 15) is 0 Å². The van der Waals surface area contributed by atoms with E-state index >= 15 is 0 Å². The molecule has 3 saturated heterocycles. The van der Waals surface area contributed by atoms with E-state index in [0.717, 1.165) is 86.3 Å². The number of methoxy groups -OCH3 is 1. The highest BCUT2D eigenvalue weighted by molar-refractivity contribution is 5.93. The van der Waals surface area contributed by atoms with Crippen molar-refractivity contribution in [3.63, 3.8) is 0 Å². The van der Waals surface area contributed by atoms with Crippen LogP contribution in [0.2, 0.25) is 0 Å². The zero-order valence-corrected chi connectivity index (χ0v) is 22.9. The highest BCUT2D eigenvalue weighted by Crippen LogP contribution is 2.34. The average molecular weight is 530 g/mol. The van der Waals surface area contributed by atoms with Gasteiger partial charge < -0.3 is 25.6 Å². The van der Waals surface area contributed by atoms with Crippen LogP contribution in [-0.4, -0.2) is 64.6 Å². The number of ether oxygens (including phenoxy) is 1. The van der Waals surface area contributed by atoms with Gasteiger partial charge in [-0.1, -0.05) is 0 Å². The van der Waals surface area contributed by atoms with Crippen LogP contribution in [0.15, 0.2) is 24.3 Å². The van der Waals surface area contributed by atoms with E-state index in [1.54, 1.807) is 7.11 Å². The monoisotopic (exact) mass is 529 g/mol. The lowest BCUT2D eigenvalue weighted by Crippen LogP contribution is -2.54. The lowest BCUT2D eigenvalue weighted by molar-refractivity contribution is 0.0819. The second-order valence-electron chi connectivity index (χ2n) is 11.5. The zero-order valence-electron chi connectivity index (χ0n) is 22.9. The molecular weight excluding hydrogens is 490 g/mol. The molecule has 3 aromatic rings. The second-order valence-corrected chi connectivity index (χ2v) is 11.5. The molecule has 39 heavy (non-hydrogen) atoms. The standard InChI is InChI=1S/C29H39N9O/c1-18-12-27(37-36-18)34-28-25-6-5-23(38-10-7-24(39-2)8-11-38)17-26(25)33-29(35-28)32-22-15-20-13-19(4-3-9-30)14-21(16-22)31-20/h5-6,12,17,19-22,24,31H,3-4,7-8,10-11,13-16H2,1-2H3,(H3,32,33,34,35,36,37). The number of anilines is 4. The molecule has 4 N–H and O–H groups in total. The molecule has 2 bridgehead atoms. The van der Waals surface area contributed by atoms with Crippen LogP contribution < -0.4 is 20.9 Å². The van der Waals surface area contributed by atoms with Crippen molar-refractivity contribution in [3.05, 3.63) is 30.0 Å². The molecule has 2 aromatic heterocycles. The Bertz CT molecular complexity index is 1310. The molecule has 0 amide bonds. The molecule has 2 atom stereocenters. The molecule has 6 rings (SSSR count). The van der Waals surface area contributed by atoms with Crippen molar-refractivity contribution < 1.29 is 4.74 Å². The summed E-state index contributed by atoms with van der Waals surface area (Å²) < 4.78 is 5.57. The summed E-state index contributed by atoms with van der Waals surface area (Å²) in [6.07, 6.45) is 8.45. The van der Waals surface area contributed by atoms with Crippen LogP contribution in [0, 0.1) is 24.2 Å². The number of benzene rings is 1. The summed E-state index contributed by atoms with van der Waals surface area (Å²) in [4.78, 5) is 12.4. The summed E-state index contributed by atoms with van der Waals surface area (Å²) >= 11 is 0. The van der Waals surface area contributed by atoms with Crippen molar-refractivity contribution in [2.45, 2.75) is 82.5 Å². The number of nitrogens with zero attached hydrogens (tertiary/aromatic N) is 5. The molecule has 10 heteroatoms. The lowest BCUT2D eigenvalue weighted by atomic mass is 9.77. The number of aromatic nitrogens is 4. The van der Waals surface area contributed by atoms with E-state index in [-0.39, 0.29) is 0 Å². The van der Waals surface area contributed by atoms with Gasteiger partial charge in [-0.25, -0.2) is 4.98 Å². The van der Waals surface area contributed by atoms with E-state index < -0.39 is 0 Å². The Kier molecular flexibility index (Phi) is 7.53. The summed E-state index contributed by atoms with van der Waals surface area (Å²) in [5, 5.41) is 28.3. The summed E-state index contributed by atoms with van der Waals surface area (Å²) in [7, 11) is 1.81. The number of rotatable bonds is 8. The van der Waals surface area contributed by atoms with E-state index in [4.69, 9.17) is 20.0 Å². The quantitative estimate of drug-likeness (QED) is 0.330. The van der Waals surface area contributed by atoms with Gasteiger partial charge in [-0.3, -0.25) is 5.10 Å². The topological polar surface area (TPSA) is 127 Å². The fraction of sp³-hybridized carbons (Fsp3) is 0.586. The minimum atomic E-state index is 0.312. The maximum Gasteiger partial charge on any atom is 0.225 e. The molecule has 0 spiro atoms. The predicted octanol–water partition coefficient (Wildman–Crippen LogP) is 4.64. The van der Waals surface area contributed by atoms with E-state index in [2.05, 4.69) is 55.3 Å². The molecule has 1 aromatic carbocycles. The minimum absolute atomic E-state index is 0.312. The van der Waals surface area contributed by atoms with Gasteiger partial charge in [0.2, 0.25) is 5.95 Å². The molecule has 5 heterocycles. The smallest absolute Gasteiger partial charge is 0.225 e.